The van der Waals surface area contributed by atoms with Crippen LogP contribution < -0.4 is 10.1 Å². The highest BCUT2D eigenvalue weighted by Gasteiger charge is 2.13. The number of hydrogen-bond donors (Lipinski definition) is 1. The van der Waals surface area contributed by atoms with Crippen molar-refractivity contribution in [1.29, 1.82) is 0 Å². The second kappa shape index (κ2) is 5.69. The molecular weight excluding hydrogens is 222 g/mol. The Morgan fingerprint density at radius 3 is 2.78 bits per heavy atom. The normalized spacial score (nSPS) is 12.3. The summed E-state index contributed by atoms with van der Waals surface area (Å²) in [4.78, 5) is 0. The van der Waals surface area contributed by atoms with E-state index >= 15 is 0 Å². The van der Waals surface area contributed by atoms with Crippen molar-refractivity contribution in [3.63, 3.8) is 0 Å². The lowest BCUT2D eigenvalue weighted by Gasteiger charge is -2.18. The molecule has 0 aromatic heterocycles. The average Bonchev–Trinajstić information content (AvgIpc) is 2.43. The van der Waals surface area contributed by atoms with Crippen LogP contribution in [-0.4, -0.2) is 13.7 Å². The van der Waals surface area contributed by atoms with Gasteiger partial charge in [0.25, 0.3) is 0 Å². The Morgan fingerprint density at radius 2 is 2.06 bits per heavy atom. The van der Waals surface area contributed by atoms with Crippen LogP contribution >= 0.6 is 0 Å². The fraction of sp³-hybridized carbons (Fsp3) is 0.250. The van der Waals surface area contributed by atoms with Gasteiger partial charge in [-0.1, -0.05) is 49.1 Å². The summed E-state index contributed by atoms with van der Waals surface area (Å²) in [5, 5.41) is 5.61. The molecule has 0 radical (unpaired) electrons. The van der Waals surface area contributed by atoms with Gasteiger partial charge in [0.2, 0.25) is 0 Å². The van der Waals surface area contributed by atoms with Crippen molar-refractivity contribution in [3.8, 4) is 5.75 Å². The molecule has 18 heavy (non-hydrogen) atoms. The molecule has 1 atom stereocenters. The molecule has 0 amide bonds. The van der Waals surface area contributed by atoms with E-state index in [1.807, 2.05) is 19.2 Å². The summed E-state index contributed by atoms with van der Waals surface area (Å²) in [7, 11) is 1.96. The molecule has 2 nitrogen and oxygen atoms in total. The van der Waals surface area contributed by atoms with Gasteiger partial charge in [-0.05, 0) is 19.4 Å². The van der Waals surface area contributed by atoms with Crippen LogP contribution in [-0.2, 0) is 0 Å². The highest BCUT2D eigenvalue weighted by Crippen LogP contribution is 2.33. The quantitative estimate of drug-likeness (QED) is 0.806. The van der Waals surface area contributed by atoms with E-state index in [0.717, 1.165) is 11.1 Å². The molecule has 1 unspecified atom stereocenters. The van der Waals surface area contributed by atoms with E-state index in [9.17, 15) is 0 Å². The fourth-order valence-electron chi connectivity index (χ4n) is 2.06. The van der Waals surface area contributed by atoms with Gasteiger partial charge in [-0.25, -0.2) is 0 Å². The Bertz CT molecular complexity index is 548. The molecule has 0 heterocycles. The predicted molar refractivity (Wildman–Crippen MR) is 77.1 cm³/mol. The Kier molecular flexibility index (Phi) is 4.00. The first-order valence-electron chi connectivity index (χ1n) is 6.20. The van der Waals surface area contributed by atoms with Gasteiger partial charge in [0.1, 0.15) is 12.4 Å². The standard InChI is InChI=1S/C16H19NO/c1-4-11-18-16-14(12(2)17-3)10-9-13-7-5-6-8-15(13)16/h4-10,12,17H,1,11H2,2-3H3. The lowest BCUT2D eigenvalue weighted by molar-refractivity contribution is 0.359. The second-order valence-electron chi connectivity index (χ2n) is 4.32. The van der Waals surface area contributed by atoms with Crippen molar-refractivity contribution in [3.05, 3.63) is 54.6 Å². The van der Waals surface area contributed by atoms with E-state index in [-0.39, 0.29) is 6.04 Å². The van der Waals surface area contributed by atoms with Gasteiger partial charge >= 0.3 is 0 Å². The molecule has 2 aromatic rings. The number of ether oxygens (including phenoxy) is 1. The maximum Gasteiger partial charge on any atom is 0.132 e. The van der Waals surface area contributed by atoms with Gasteiger partial charge in [0, 0.05) is 17.0 Å². The van der Waals surface area contributed by atoms with Crippen LogP contribution in [0.1, 0.15) is 18.5 Å². The minimum absolute atomic E-state index is 0.259. The van der Waals surface area contributed by atoms with Crippen molar-refractivity contribution in [2.75, 3.05) is 13.7 Å². The van der Waals surface area contributed by atoms with Crippen LogP contribution in [0.15, 0.2) is 49.1 Å². The van der Waals surface area contributed by atoms with E-state index < -0.39 is 0 Å². The maximum atomic E-state index is 5.86. The van der Waals surface area contributed by atoms with Crippen LogP contribution in [0.2, 0.25) is 0 Å². The Labute approximate surface area is 108 Å². The third-order valence-electron chi connectivity index (χ3n) is 3.16. The first-order valence-corrected chi connectivity index (χ1v) is 6.20. The van der Waals surface area contributed by atoms with Crippen LogP contribution in [0.5, 0.6) is 5.75 Å². The first kappa shape index (κ1) is 12.7. The van der Waals surface area contributed by atoms with Crippen molar-refractivity contribution in [2.24, 2.45) is 0 Å². The van der Waals surface area contributed by atoms with Crippen molar-refractivity contribution in [1.82, 2.24) is 5.32 Å². The third kappa shape index (κ3) is 2.39. The summed E-state index contributed by atoms with van der Waals surface area (Å²) >= 11 is 0. The molecule has 0 aliphatic heterocycles. The summed E-state index contributed by atoms with van der Waals surface area (Å²) in [5.74, 6) is 0.954. The summed E-state index contributed by atoms with van der Waals surface area (Å²) in [6.45, 7) is 6.36. The number of rotatable bonds is 5. The minimum Gasteiger partial charge on any atom is -0.489 e. The molecule has 0 aliphatic rings. The highest BCUT2D eigenvalue weighted by atomic mass is 16.5. The first-order chi connectivity index (χ1) is 8.77. The summed E-state index contributed by atoms with van der Waals surface area (Å²) in [6.07, 6.45) is 1.77. The molecule has 2 rings (SSSR count). The van der Waals surface area contributed by atoms with Gasteiger partial charge < -0.3 is 10.1 Å². The molecule has 0 spiro atoms. The number of benzene rings is 2. The molecular formula is C16H19NO. The van der Waals surface area contributed by atoms with Gasteiger partial charge in [-0.3, -0.25) is 0 Å². The maximum absolute atomic E-state index is 5.86. The molecule has 1 N–H and O–H groups in total. The molecule has 0 saturated heterocycles. The van der Waals surface area contributed by atoms with E-state index in [0.29, 0.717) is 6.61 Å². The zero-order valence-corrected chi connectivity index (χ0v) is 10.9. The third-order valence-corrected chi connectivity index (χ3v) is 3.16. The Balaban J connectivity index is 2.58. The van der Waals surface area contributed by atoms with Crippen LogP contribution in [0.3, 0.4) is 0 Å². The summed E-state index contributed by atoms with van der Waals surface area (Å²) in [5.41, 5.74) is 1.18. The predicted octanol–water partition coefficient (Wildman–Crippen LogP) is 3.69. The molecule has 0 saturated carbocycles. The van der Waals surface area contributed by atoms with E-state index in [2.05, 4.69) is 43.1 Å². The monoisotopic (exact) mass is 241 g/mol. The van der Waals surface area contributed by atoms with E-state index in [4.69, 9.17) is 4.74 Å². The van der Waals surface area contributed by atoms with Crippen molar-refractivity contribution in [2.45, 2.75) is 13.0 Å². The van der Waals surface area contributed by atoms with Gasteiger partial charge in [-0.15, -0.1) is 0 Å². The van der Waals surface area contributed by atoms with Crippen LogP contribution in [0.25, 0.3) is 10.8 Å². The van der Waals surface area contributed by atoms with Gasteiger partial charge in [-0.2, -0.15) is 0 Å². The number of nitrogens with one attached hydrogen (secondary N) is 1. The fourth-order valence-corrected chi connectivity index (χ4v) is 2.06. The average molecular weight is 241 g/mol. The molecule has 0 fully saturated rings. The van der Waals surface area contributed by atoms with Gasteiger partial charge in [0.05, 0.1) is 0 Å². The SMILES string of the molecule is C=CCOc1c(C(C)NC)ccc2ccccc12. The number of fused-ring (bicyclic) bond motifs is 1. The smallest absolute Gasteiger partial charge is 0.132 e. The molecule has 0 aliphatic carbocycles. The Hall–Kier alpha value is -1.80. The minimum atomic E-state index is 0.259. The summed E-state index contributed by atoms with van der Waals surface area (Å²) < 4.78 is 5.86. The molecule has 0 bridgehead atoms. The van der Waals surface area contributed by atoms with Crippen molar-refractivity contribution < 1.29 is 4.74 Å². The number of hydrogen-bond acceptors (Lipinski definition) is 2. The van der Waals surface area contributed by atoms with Crippen molar-refractivity contribution >= 4 is 10.8 Å². The van der Waals surface area contributed by atoms with E-state index in [1.165, 1.54) is 10.9 Å². The zero-order valence-electron chi connectivity index (χ0n) is 10.9. The Morgan fingerprint density at radius 1 is 1.28 bits per heavy atom. The summed E-state index contributed by atoms with van der Waals surface area (Å²) in [6, 6.07) is 12.8. The second-order valence-corrected chi connectivity index (χ2v) is 4.32. The van der Waals surface area contributed by atoms with Crippen LogP contribution in [0, 0.1) is 0 Å². The highest BCUT2D eigenvalue weighted by molar-refractivity contribution is 5.89. The largest absolute Gasteiger partial charge is 0.489 e. The lowest BCUT2D eigenvalue weighted by atomic mass is 10.0. The molecule has 94 valence electrons. The van der Waals surface area contributed by atoms with Crippen LogP contribution in [0.4, 0.5) is 0 Å². The van der Waals surface area contributed by atoms with Gasteiger partial charge in [0.15, 0.2) is 0 Å². The van der Waals surface area contributed by atoms with E-state index in [1.54, 1.807) is 6.08 Å². The lowest BCUT2D eigenvalue weighted by Crippen LogP contribution is -2.14. The topological polar surface area (TPSA) is 21.3 Å². The molecule has 2 heteroatoms. The molecule has 2 aromatic carbocycles. The zero-order chi connectivity index (χ0) is 13.0.